The van der Waals surface area contributed by atoms with E-state index in [-0.39, 0.29) is 17.3 Å². The van der Waals surface area contributed by atoms with Crippen LogP contribution in [0.15, 0.2) is 11.6 Å². The average molecular weight is 451 g/mol. The molecule has 0 aromatic carbocycles. The summed E-state index contributed by atoms with van der Waals surface area (Å²) in [6.07, 6.45) is 1.41. The largest absolute Gasteiger partial charge is 0.479 e. The van der Waals surface area contributed by atoms with Gasteiger partial charge in [-0.2, -0.15) is 0 Å². The summed E-state index contributed by atoms with van der Waals surface area (Å²) in [5.74, 6) is 1.04. The summed E-state index contributed by atoms with van der Waals surface area (Å²) in [6.45, 7) is 2.23. The molecule has 1 heterocycles. The highest BCUT2D eigenvalue weighted by Crippen LogP contribution is 2.62. The topological polar surface area (TPSA) is 134 Å². The lowest BCUT2D eigenvalue weighted by atomic mass is 9.52. The fourth-order valence-electron chi connectivity index (χ4n) is 7.68. The lowest BCUT2D eigenvalue weighted by molar-refractivity contribution is -0.312. The van der Waals surface area contributed by atoms with E-state index < -0.39 is 36.7 Å². The van der Waals surface area contributed by atoms with E-state index >= 15 is 0 Å². The molecule has 1 unspecified atom stereocenters. The van der Waals surface area contributed by atoms with Gasteiger partial charge in [0.25, 0.3) is 0 Å². The van der Waals surface area contributed by atoms with Crippen molar-refractivity contribution in [1.82, 2.24) is 0 Å². The quantitative estimate of drug-likeness (QED) is 0.507. The lowest BCUT2D eigenvalue weighted by Gasteiger charge is -2.54. The van der Waals surface area contributed by atoms with Gasteiger partial charge in [-0.25, -0.2) is 4.79 Å². The fraction of sp³-hybridized carbons (Fsp3) is 0.833. The van der Waals surface area contributed by atoms with Crippen LogP contribution in [0.3, 0.4) is 0 Å². The third kappa shape index (κ3) is 3.46. The molecular weight excluding hydrogens is 416 g/mol. The molecule has 0 bridgehead atoms. The number of aliphatic hydroxyl groups excluding tert-OH is 3. The second-order valence-corrected chi connectivity index (χ2v) is 10.8. The molecule has 0 aromatic heterocycles. The van der Waals surface area contributed by atoms with Crippen LogP contribution in [0.1, 0.15) is 58.3 Å². The van der Waals surface area contributed by atoms with Crippen LogP contribution >= 0.6 is 0 Å². The first-order valence-electron chi connectivity index (χ1n) is 12.0. The lowest BCUT2D eigenvalue weighted by Crippen LogP contribution is -2.61. The van der Waals surface area contributed by atoms with Crippen molar-refractivity contribution < 1.29 is 39.5 Å². The van der Waals surface area contributed by atoms with Gasteiger partial charge in [-0.05, 0) is 80.1 Å². The van der Waals surface area contributed by atoms with Crippen LogP contribution in [-0.4, -0.2) is 69.0 Å². The summed E-state index contributed by atoms with van der Waals surface area (Å²) in [4.78, 5) is 23.3. The molecule has 11 atom stereocenters. The molecule has 1 saturated heterocycles. The van der Waals surface area contributed by atoms with Gasteiger partial charge in [-0.1, -0.05) is 12.5 Å². The molecule has 8 heteroatoms. The van der Waals surface area contributed by atoms with E-state index in [0.29, 0.717) is 30.1 Å². The van der Waals surface area contributed by atoms with Crippen LogP contribution in [-0.2, 0) is 19.1 Å². The number of fused-ring (bicyclic) bond motifs is 5. The zero-order valence-electron chi connectivity index (χ0n) is 18.4. The van der Waals surface area contributed by atoms with Gasteiger partial charge in [-0.3, -0.25) is 4.79 Å². The standard InChI is InChI=1S/C24H34O8/c1-24-9-8-14-13-5-3-12(25)10-11(13)2-4-15(14)16(24)6-7-17(24)31-23-20(28)18(26)19(27)21(32-23)22(29)30/h10,13-21,23,26-28H,2-9H2,1H3,(H,29,30)/t13-,14+,15+,16-,17-,18-,19-,20+,21-,23?,24-/m0/s1. The Morgan fingerprint density at radius 1 is 1.03 bits per heavy atom. The maximum atomic E-state index is 11.9. The highest BCUT2D eigenvalue weighted by molar-refractivity contribution is 5.91. The van der Waals surface area contributed by atoms with Crippen molar-refractivity contribution in [3.8, 4) is 0 Å². The van der Waals surface area contributed by atoms with Crippen molar-refractivity contribution in [3.05, 3.63) is 11.6 Å². The number of hydrogen-bond acceptors (Lipinski definition) is 7. The minimum atomic E-state index is -1.71. The minimum absolute atomic E-state index is 0.115. The second-order valence-electron chi connectivity index (χ2n) is 10.8. The van der Waals surface area contributed by atoms with Crippen molar-refractivity contribution >= 4 is 11.8 Å². The van der Waals surface area contributed by atoms with E-state index in [4.69, 9.17) is 9.47 Å². The SMILES string of the molecule is C[C@]12CC[C@H]3[C@@H](CCC4=CC(=O)CC[C@@H]43)[C@@H]1CC[C@@H]2OC1O[C@H](C(=O)O)[C@@H](O)[C@H](O)[C@H]1O. The molecule has 8 nitrogen and oxygen atoms in total. The molecule has 5 rings (SSSR count). The normalized spacial score (nSPS) is 50.8. The van der Waals surface area contributed by atoms with Gasteiger partial charge in [0.2, 0.25) is 0 Å². The first-order chi connectivity index (χ1) is 15.2. The number of allylic oxidation sites excluding steroid dienone is 1. The molecule has 0 spiro atoms. The summed E-state index contributed by atoms with van der Waals surface area (Å²) in [6, 6.07) is 0. The van der Waals surface area contributed by atoms with Crippen LogP contribution in [0.2, 0.25) is 0 Å². The summed E-state index contributed by atoms with van der Waals surface area (Å²) < 4.78 is 11.6. The Kier molecular flexibility index (Phi) is 5.73. The molecule has 5 aliphatic rings. The van der Waals surface area contributed by atoms with Gasteiger partial charge < -0.3 is 29.9 Å². The van der Waals surface area contributed by atoms with Crippen LogP contribution in [0.4, 0.5) is 0 Å². The first-order valence-corrected chi connectivity index (χ1v) is 12.0. The van der Waals surface area contributed by atoms with Gasteiger partial charge in [-0.15, -0.1) is 0 Å². The fourth-order valence-corrected chi connectivity index (χ4v) is 7.68. The second kappa shape index (κ2) is 8.17. The average Bonchev–Trinajstić information content (AvgIpc) is 3.09. The number of aliphatic hydroxyl groups is 3. The first kappa shape index (κ1) is 22.5. The van der Waals surface area contributed by atoms with E-state index in [1.165, 1.54) is 5.57 Å². The molecule has 3 saturated carbocycles. The summed E-state index contributed by atoms with van der Waals surface area (Å²) in [7, 11) is 0. The van der Waals surface area contributed by atoms with E-state index in [1.54, 1.807) is 0 Å². The van der Waals surface area contributed by atoms with Gasteiger partial charge in [0.15, 0.2) is 18.2 Å². The monoisotopic (exact) mass is 450 g/mol. The van der Waals surface area contributed by atoms with E-state index in [2.05, 4.69) is 6.92 Å². The predicted molar refractivity (Wildman–Crippen MR) is 111 cm³/mol. The summed E-state index contributed by atoms with van der Waals surface area (Å²) >= 11 is 0. The number of carbonyl (C=O) groups excluding carboxylic acids is 1. The molecule has 0 radical (unpaired) electrons. The smallest absolute Gasteiger partial charge is 0.335 e. The van der Waals surface area contributed by atoms with E-state index in [9.17, 15) is 30.0 Å². The third-order valence-corrected chi connectivity index (χ3v) is 9.32. The van der Waals surface area contributed by atoms with Crippen molar-refractivity contribution in [3.63, 3.8) is 0 Å². The Balaban J connectivity index is 1.31. The Hall–Kier alpha value is -1.32. The highest BCUT2D eigenvalue weighted by Gasteiger charge is 2.58. The van der Waals surface area contributed by atoms with Crippen molar-refractivity contribution in [1.29, 1.82) is 0 Å². The van der Waals surface area contributed by atoms with Crippen LogP contribution in [0.25, 0.3) is 0 Å². The number of carbonyl (C=O) groups is 2. The van der Waals surface area contributed by atoms with Gasteiger partial charge in [0, 0.05) is 6.42 Å². The van der Waals surface area contributed by atoms with E-state index in [0.717, 1.165) is 44.9 Å². The summed E-state index contributed by atoms with van der Waals surface area (Å²) in [5, 5.41) is 39.8. The maximum absolute atomic E-state index is 11.9. The van der Waals surface area contributed by atoms with Crippen molar-refractivity contribution in [2.45, 2.75) is 95.1 Å². The molecular formula is C24H34O8. The highest BCUT2D eigenvalue weighted by atomic mass is 16.7. The Bertz CT molecular complexity index is 810. The molecule has 1 aliphatic heterocycles. The van der Waals surface area contributed by atoms with Crippen LogP contribution in [0.5, 0.6) is 0 Å². The van der Waals surface area contributed by atoms with Gasteiger partial charge in [0.1, 0.15) is 18.3 Å². The van der Waals surface area contributed by atoms with Crippen molar-refractivity contribution in [2.75, 3.05) is 0 Å². The molecule has 4 fully saturated rings. The van der Waals surface area contributed by atoms with Crippen LogP contribution < -0.4 is 0 Å². The zero-order chi connectivity index (χ0) is 22.8. The van der Waals surface area contributed by atoms with Crippen LogP contribution in [0, 0.1) is 29.1 Å². The van der Waals surface area contributed by atoms with Gasteiger partial charge in [0.05, 0.1) is 6.10 Å². The Labute approximate surface area is 187 Å². The van der Waals surface area contributed by atoms with E-state index in [1.807, 2.05) is 6.08 Å². The molecule has 4 aliphatic carbocycles. The zero-order valence-corrected chi connectivity index (χ0v) is 18.4. The molecule has 4 N–H and O–H groups in total. The number of ether oxygens (including phenoxy) is 2. The maximum Gasteiger partial charge on any atom is 0.335 e. The molecule has 0 amide bonds. The summed E-state index contributed by atoms with van der Waals surface area (Å²) in [5.41, 5.74) is 1.23. The number of rotatable bonds is 3. The Morgan fingerprint density at radius 2 is 1.81 bits per heavy atom. The number of carboxylic acids is 1. The number of hydrogen-bond donors (Lipinski definition) is 4. The molecule has 178 valence electrons. The minimum Gasteiger partial charge on any atom is -0.479 e. The van der Waals surface area contributed by atoms with Crippen molar-refractivity contribution in [2.24, 2.45) is 29.1 Å². The van der Waals surface area contributed by atoms with Gasteiger partial charge >= 0.3 is 5.97 Å². The molecule has 32 heavy (non-hydrogen) atoms. The number of aliphatic carboxylic acids is 1. The number of carboxylic acid groups (broad SMARTS) is 1. The predicted octanol–water partition coefficient (Wildman–Crippen LogP) is 1.41. The molecule has 0 aromatic rings. The Morgan fingerprint density at radius 3 is 2.56 bits per heavy atom. The third-order valence-electron chi connectivity index (χ3n) is 9.32. The number of ketones is 1.